The van der Waals surface area contributed by atoms with E-state index in [0.29, 0.717) is 0 Å². The van der Waals surface area contributed by atoms with E-state index >= 15 is 0 Å². The first-order chi connectivity index (χ1) is 13.7. The molecule has 1 aliphatic rings. The molecule has 0 saturated carbocycles. The minimum atomic E-state index is -2.84. The van der Waals surface area contributed by atoms with Crippen LogP contribution in [0.1, 0.15) is 20.8 Å². The Bertz CT molecular complexity index is 739. The van der Waals surface area contributed by atoms with E-state index in [1.807, 2.05) is 36.4 Å². The molecule has 1 aliphatic heterocycles. The summed E-state index contributed by atoms with van der Waals surface area (Å²) < 4.78 is 12.0. The van der Waals surface area contributed by atoms with Crippen molar-refractivity contribution in [2.24, 2.45) is 0 Å². The van der Waals surface area contributed by atoms with Gasteiger partial charge in [-0.1, -0.05) is 81.4 Å². The number of aliphatic hydroxyl groups is 4. The maximum Gasteiger partial charge on any atom is 0.261 e. The predicted molar refractivity (Wildman–Crippen MR) is 112 cm³/mol. The largest absolute Gasteiger partial charge is 0.405 e. The first-order valence-corrected chi connectivity index (χ1v) is 11.7. The molecule has 0 spiro atoms. The Hall–Kier alpha value is -1.58. The highest BCUT2D eigenvalue weighted by atomic mass is 28.4. The van der Waals surface area contributed by atoms with E-state index < -0.39 is 39.0 Å². The van der Waals surface area contributed by atoms with E-state index in [-0.39, 0.29) is 11.6 Å². The zero-order chi connectivity index (χ0) is 21.2. The second kappa shape index (κ2) is 8.65. The van der Waals surface area contributed by atoms with Gasteiger partial charge in [0, 0.05) is 0 Å². The van der Waals surface area contributed by atoms with Crippen molar-refractivity contribution >= 4 is 18.7 Å². The van der Waals surface area contributed by atoms with E-state index in [9.17, 15) is 20.4 Å². The quantitative estimate of drug-likeness (QED) is 0.524. The summed E-state index contributed by atoms with van der Waals surface area (Å²) in [6.07, 6.45) is -6.99. The number of benzene rings is 2. The summed E-state index contributed by atoms with van der Waals surface area (Å²) in [7, 11) is -2.84. The molecule has 7 heteroatoms. The Morgan fingerprint density at radius 1 is 0.793 bits per heavy atom. The van der Waals surface area contributed by atoms with Crippen LogP contribution in [0.2, 0.25) is 5.04 Å². The summed E-state index contributed by atoms with van der Waals surface area (Å²) in [4.78, 5) is 0. The van der Waals surface area contributed by atoms with Crippen molar-refractivity contribution in [3.05, 3.63) is 60.7 Å². The third-order valence-corrected chi connectivity index (χ3v) is 10.6. The van der Waals surface area contributed by atoms with Crippen molar-refractivity contribution in [3.63, 3.8) is 0 Å². The molecule has 1 unspecified atom stereocenters. The Balaban J connectivity index is 2.00. The maximum atomic E-state index is 10.4. The van der Waals surface area contributed by atoms with Gasteiger partial charge in [-0.15, -0.1) is 0 Å². The van der Waals surface area contributed by atoms with Crippen LogP contribution in [0.4, 0.5) is 0 Å². The van der Waals surface area contributed by atoms with Gasteiger partial charge in [0.1, 0.15) is 24.4 Å². The molecule has 0 aliphatic carbocycles. The molecule has 1 saturated heterocycles. The first-order valence-electron chi connectivity index (χ1n) is 9.81. The molecule has 1 heterocycles. The lowest BCUT2D eigenvalue weighted by Crippen LogP contribution is -2.68. The van der Waals surface area contributed by atoms with Gasteiger partial charge in [0.05, 0.1) is 6.61 Å². The summed E-state index contributed by atoms with van der Waals surface area (Å²) >= 11 is 0. The second-order valence-corrected chi connectivity index (χ2v) is 12.8. The molecule has 5 atom stereocenters. The van der Waals surface area contributed by atoms with Crippen LogP contribution in [-0.2, 0) is 9.16 Å². The van der Waals surface area contributed by atoms with Gasteiger partial charge in [-0.05, 0) is 15.4 Å². The molecule has 2 aromatic rings. The lowest BCUT2D eigenvalue weighted by atomic mass is 10.00. The van der Waals surface area contributed by atoms with Crippen LogP contribution >= 0.6 is 0 Å². The smallest absolute Gasteiger partial charge is 0.261 e. The van der Waals surface area contributed by atoms with E-state index in [4.69, 9.17) is 9.16 Å². The lowest BCUT2D eigenvalue weighted by molar-refractivity contribution is -0.285. The van der Waals surface area contributed by atoms with Gasteiger partial charge < -0.3 is 29.6 Å². The van der Waals surface area contributed by atoms with Crippen LogP contribution < -0.4 is 10.4 Å². The Morgan fingerprint density at radius 3 is 1.72 bits per heavy atom. The third-order valence-electron chi connectivity index (χ3n) is 5.57. The standard InChI is InChI=1S/C22H30O6Si/c1-22(2,3)29(15-10-6-4-7-11-15,16-12-8-5-9-13-16)27-14-17-18(23)19(24)20(25)21(26)28-17/h4-13,17-21,23-26H,14H2,1-3H3/t17-,18+,19+,20-,21?/m1/s1. The van der Waals surface area contributed by atoms with Crippen LogP contribution in [0.25, 0.3) is 0 Å². The van der Waals surface area contributed by atoms with Crippen LogP contribution in [0.5, 0.6) is 0 Å². The third kappa shape index (κ3) is 4.18. The van der Waals surface area contributed by atoms with E-state index in [2.05, 4.69) is 45.0 Å². The Kier molecular flexibility index (Phi) is 6.60. The number of hydrogen-bond donors (Lipinski definition) is 4. The molecule has 29 heavy (non-hydrogen) atoms. The zero-order valence-electron chi connectivity index (χ0n) is 17.0. The molecule has 1 fully saturated rings. The van der Waals surface area contributed by atoms with Gasteiger partial charge >= 0.3 is 0 Å². The van der Waals surface area contributed by atoms with Crippen molar-refractivity contribution < 1.29 is 29.6 Å². The molecular formula is C22H30O6Si. The minimum Gasteiger partial charge on any atom is -0.405 e. The van der Waals surface area contributed by atoms with E-state index in [1.165, 1.54) is 0 Å². The number of rotatable bonds is 5. The van der Waals surface area contributed by atoms with Gasteiger partial charge in [-0.25, -0.2) is 0 Å². The fourth-order valence-electron chi connectivity index (χ4n) is 4.04. The van der Waals surface area contributed by atoms with Crippen molar-refractivity contribution in [1.29, 1.82) is 0 Å². The maximum absolute atomic E-state index is 10.4. The molecule has 4 N–H and O–H groups in total. The van der Waals surface area contributed by atoms with Crippen molar-refractivity contribution in [3.8, 4) is 0 Å². The summed E-state index contributed by atoms with van der Waals surface area (Å²) in [6, 6.07) is 20.0. The molecular weight excluding hydrogens is 388 g/mol. The number of hydrogen-bond acceptors (Lipinski definition) is 6. The van der Waals surface area contributed by atoms with E-state index in [1.54, 1.807) is 0 Å². The van der Waals surface area contributed by atoms with Gasteiger partial charge in [0.2, 0.25) is 0 Å². The zero-order valence-corrected chi connectivity index (χ0v) is 18.0. The topological polar surface area (TPSA) is 99.4 Å². The molecule has 6 nitrogen and oxygen atoms in total. The average Bonchev–Trinajstić information content (AvgIpc) is 2.71. The van der Waals surface area contributed by atoms with Crippen LogP contribution in [-0.4, -0.2) is 66.1 Å². The molecule has 3 rings (SSSR count). The molecule has 2 aromatic carbocycles. The van der Waals surface area contributed by atoms with E-state index in [0.717, 1.165) is 10.4 Å². The highest BCUT2D eigenvalue weighted by Gasteiger charge is 2.52. The molecule has 0 radical (unpaired) electrons. The molecule has 0 bridgehead atoms. The van der Waals surface area contributed by atoms with Gasteiger partial charge in [0.15, 0.2) is 6.29 Å². The van der Waals surface area contributed by atoms with Crippen molar-refractivity contribution in [1.82, 2.24) is 0 Å². The minimum absolute atomic E-state index is 0.0325. The summed E-state index contributed by atoms with van der Waals surface area (Å²) in [6.45, 7) is 6.36. The van der Waals surface area contributed by atoms with Crippen LogP contribution in [0.15, 0.2) is 60.7 Å². The first kappa shape index (κ1) is 22.1. The predicted octanol–water partition coefficient (Wildman–Crippen LogP) is 0.363. The normalized spacial score (nSPS) is 28.3. The Labute approximate surface area is 172 Å². The lowest BCUT2D eigenvalue weighted by Gasteiger charge is -2.45. The second-order valence-electron chi connectivity index (χ2n) is 8.51. The SMILES string of the molecule is CC(C)(C)[Si](OC[C@H]1OC(O)[C@H](O)[C@@H](O)[C@H]1O)(c1ccccc1)c1ccccc1. The Morgan fingerprint density at radius 2 is 1.28 bits per heavy atom. The van der Waals surface area contributed by atoms with Gasteiger partial charge in [0.25, 0.3) is 8.32 Å². The van der Waals surface area contributed by atoms with Crippen molar-refractivity contribution in [2.75, 3.05) is 6.61 Å². The fraction of sp³-hybridized carbons (Fsp3) is 0.455. The number of aliphatic hydroxyl groups excluding tert-OH is 4. The van der Waals surface area contributed by atoms with Gasteiger partial charge in [-0.2, -0.15) is 0 Å². The molecule has 0 aromatic heterocycles. The monoisotopic (exact) mass is 418 g/mol. The molecule has 158 valence electrons. The van der Waals surface area contributed by atoms with Crippen LogP contribution in [0, 0.1) is 0 Å². The number of ether oxygens (including phenoxy) is 1. The summed E-state index contributed by atoms with van der Waals surface area (Å²) in [5.41, 5.74) is 0. The summed E-state index contributed by atoms with van der Waals surface area (Å²) in [5, 5.41) is 41.9. The highest BCUT2D eigenvalue weighted by molar-refractivity contribution is 6.99. The summed E-state index contributed by atoms with van der Waals surface area (Å²) in [5.74, 6) is 0. The van der Waals surface area contributed by atoms with Gasteiger partial charge in [-0.3, -0.25) is 0 Å². The highest BCUT2D eigenvalue weighted by Crippen LogP contribution is 2.37. The fourth-order valence-corrected chi connectivity index (χ4v) is 8.61. The molecule has 0 amide bonds. The van der Waals surface area contributed by atoms with Crippen LogP contribution in [0.3, 0.4) is 0 Å². The average molecular weight is 419 g/mol. The van der Waals surface area contributed by atoms with Crippen molar-refractivity contribution in [2.45, 2.75) is 56.5 Å².